The number of hydrogen-bond acceptors (Lipinski definition) is 3. The summed E-state index contributed by atoms with van der Waals surface area (Å²) in [5.74, 6) is -0.174. The van der Waals surface area contributed by atoms with Crippen LogP contribution in [0.2, 0.25) is 0 Å². The van der Waals surface area contributed by atoms with Gasteiger partial charge in [0.25, 0.3) is 0 Å². The van der Waals surface area contributed by atoms with E-state index in [0.717, 1.165) is 17.7 Å². The van der Waals surface area contributed by atoms with Gasteiger partial charge in [0, 0.05) is 24.1 Å². The second kappa shape index (κ2) is 9.88. The second-order valence-electron chi connectivity index (χ2n) is 6.58. The molecule has 0 radical (unpaired) electrons. The fraction of sp³-hybridized carbons (Fsp3) is 0.364. The maximum absolute atomic E-state index is 12.2. The fourth-order valence-corrected chi connectivity index (χ4v) is 2.52. The highest BCUT2D eigenvalue weighted by Crippen LogP contribution is 2.14. The van der Waals surface area contributed by atoms with Crippen LogP contribution >= 0.6 is 0 Å². The first-order valence-corrected chi connectivity index (χ1v) is 9.10. The molecule has 0 fully saturated rings. The fourth-order valence-electron chi connectivity index (χ4n) is 2.52. The van der Waals surface area contributed by atoms with Crippen LogP contribution in [0, 0.1) is 0 Å². The number of amides is 1. The molecule has 138 valence electrons. The van der Waals surface area contributed by atoms with E-state index < -0.39 is 0 Å². The van der Waals surface area contributed by atoms with Gasteiger partial charge in [-0.3, -0.25) is 9.59 Å². The molecule has 0 aromatic heterocycles. The number of benzene rings is 2. The van der Waals surface area contributed by atoms with E-state index in [1.165, 1.54) is 5.56 Å². The van der Waals surface area contributed by atoms with Crippen molar-refractivity contribution in [2.45, 2.75) is 52.7 Å². The van der Waals surface area contributed by atoms with Crippen molar-refractivity contribution in [3.8, 4) is 0 Å². The molecule has 0 saturated carbocycles. The molecule has 1 amide bonds. The van der Waals surface area contributed by atoms with Gasteiger partial charge in [0.2, 0.25) is 5.91 Å². The highest BCUT2D eigenvalue weighted by molar-refractivity contribution is 6.00. The number of rotatable bonds is 9. The van der Waals surface area contributed by atoms with Gasteiger partial charge in [-0.25, -0.2) is 0 Å². The summed E-state index contributed by atoms with van der Waals surface area (Å²) in [5, 5.41) is 2.85. The summed E-state index contributed by atoms with van der Waals surface area (Å²) in [7, 11) is 0. The number of ether oxygens (including phenoxy) is 1. The third-order valence-corrected chi connectivity index (χ3v) is 4.06. The van der Waals surface area contributed by atoms with Gasteiger partial charge in [-0.2, -0.15) is 0 Å². The van der Waals surface area contributed by atoms with Crippen LogP contribution in [0.15, 0.2) is 48.5 Å². The first-order chi connectivity index (χ1) is 12.5. The third kappa shape index (κ3) is 6.45. The van der Waals surface area contributed by atoms with Gasteiger partial charge < -0.3 is 10.1 Å². The van der Waals surface area contributed by atoms with Crippen LogP contribution < -0.4 is 5.32 Å². The lowest BCUT2D eigenvalue weighted by atomic mass is 10.0. The lowest BCUT2D eigenvalue weighted by Crippen LogP contribution is -2.13. The van der Waals surface area contributed by atoms with Crippen LogP contribution in [0.5, 0.6) is 0 Å². The Morgan fingerprint density at radius 1 is 1.00 bits per heavy atom. The van der Waals surface area contributed by atoms with Gasteiger partial charge in [0.15, 0.2) is 5.78 Å². The van der Waals surface area contributed by atoms with Gasteiger partial charge in [-0.05, 0) is 43.5 Å². The van der Waals surface area contributed by atoms with E-state index >= 15 is 0 Å². The van der Waals surface area contributed by atoms with Crippen molar-refractivity contribution < 1.29 is 14.3 Å². The molecule has 0 aliphatic carbocycles. The van der Waals surface area contributed by atoms with Gasteiger partial charge in [0.05, 0.1) is 12.7 Å². The number of hydrogen-bond donors (Lipinski definition) is 1. The molecular formula is C22H27NO3. The number of nitrogens with one attached hydrogen (secondary N) is 1. The van der Waals surface area contributed by atoms with Crippen LogP contribution in [-0.2, 0) is 22.6 Å². The van der Waals surface area contributed by atoms with Gasteiger partial charge in [-0.15, -0.1) is 0 Å². The first-order valence-electron chi connectivity index (χ1n) is 9.10. The van der Waals surface area contributed by atoms with Crippen molar-refractivity contribution in [2.75, 3.05) is 5.32 Å². The molecule has 0 aliphatic rings. The van der Waals surface area contributed by atoms with Gasteiger partial charge in [-0.1, -0.05) is 43.3 Å². The molecule has 0 atom stereocenters. The monoisotopic (exact) mass is 353 g/mol. The first kappa shape index (κ1) is 19.9. The summed E-state index contributed by atoms with van der Waals surface area (Å²) in [6, 6.07) is 15.1. The highest BCUT2D eigenvalue weighted by Gasteiger charge is 2.10. The molecule has 4 heteroatoms. The van der Waals surface area contributed by atoms with Crippen molar-refractivity contribution in [2.24, 2.45) is 0 Å². The minimum Gasteiger partial charge on any atom is -0.374 e. The summed E-state index contributed by atoms with van der Waals surface area (Å²) in [5.41, 5.74) is 3.58. The Morgan fingerprint density at radius 3 is 2.38 bits per heavy atom. The minimum atomic E-state index is -0.162. The zero-order valence-electron chi connectivity index (χ0n) is 15.7. The number of ketones is 1. The Balaban J connectivity index is 1.84. The van der Waals surface area contributed by atoms with Gasteiger partial charge >= 0.3 is 0 Å². The van der Waals surface area contributed by atoms with E-state index in [1.807, 2.05) is 62.4 Å². The summed E-state index contributed by atoms with van der Waals surface area (Å²) in [6.45, 7) is 6.55. The van der Waals surface area contributed by atoms with Crippen LogP contribution in [0.3, 0.4) is 0 Å². The normalized spacial score (nSPS) is 10.8. The zero-order chi connectivity index (χ0) is 18.9. The molecule has 0 bridgehead atoms. The standard InChI is InChI=1S/C22H27NO3/c1-4-17-8-10-19(11-9-17)21(24)12-13-22(25)23-20-7-5-6-18(14-20)15-26-16(2)3/h5-11,14,16H,4,12-13,15H2,1-3H3,(H,23,25). The Bertz CT molecular complexity index is 735. The average molecular weight is 353 g/mol. The maximum Gasteiger partial charge on any atom is 0.224 e. The number of aryl methyl sites for hydroxylation is 1. The van der Waals surface area contributed by atoms with E-state index in [-0.39, 0.29) is 30.6 Å². The van der Waals surface area contributed by atoms with Crippen molar-refractivity contribution in [1.29, 1.82) is 0 Å². The molecule has 2 aromatic rings. The Kier molecular flexibility index (Phi) is 7.54. The number of carbonyl (C=O) groups excluding carboxylic acids is 2. The molecule has 2 rings (SSSR count). The smallest absolute Gasteiger partial charge is 0.224 e. The molecule has 0 aliphatic heterocycles. The van der Waals surface area contributed by atoms with Crippen LogP contribution in [-0.4, -0.2) is 17.8 Å². The lowest BCUT2D eigenvalue weighted by Gasteiger charge is -2.10. The molecule has 1 N–H and O–H groups in total. The van der Waals surface area contributed by atoms with Crippen molar-refractivity contribution in [3.05, 3.63) is 65.2 Å². The van der Waals surface area contributed by atoms with E-state index in [1.54, 1.807) is 0 Å². The maximum atomic E-state index is 12.2. The molecular weight excluding hydrogens is 326 g/mol. The predicted molar refractivity (Wildman–Crippen MR) is 104 cm³/mol. The molecule has 4 nitrogen and oxygen atoms in total. The molecule has 0 unspecified atom stereocenters. The van der Waals surface area contributed by atoms with E-state index in [0.29, 0.717) is 12.2 Å². The number of carbonyl (C=O) groups is 2. The largest absolute Gasteiger partial charge is 0.374 e. The SMILES string of the molecule is CCc1ccc(C(=O)CCC(=O)Nc2cccc(COC(C)C)c2)cc1. The molecule has 2 aromatic carbocycles. The molecule has 0 saturated heterocycles. The quantitative estimate of drug-likeness (QED) is 0.660. The summed E-state index contributed by atoms with van der Waals surface area (Å²) < 4.78 is 5.57. The van der Waals surface area contributed by atoms with Crippen LogP contribution in [0.25, 0.3) is 0 Å². The second-order valence-corrected chi connectivity index (χ2v) is 6.58. The van der Waals surface area contributed by atoms with Crippen molar-refractivity contribution in [3.63, 3.8) is 0 Å². The molecule has 0 spiro atoms. The third-order valence-electron chi connectivity index (χ3n) is 4.06. The Labute approximate surface area is 155 Å². The lowest BCUT2D eigenvalue weighted by molar-refractivity contribution is -0.116. The Morgan fingerprint density at radius 2 is 1.73 bits per heavy atom. The minimum absolute atomic E-state index is 0.0121. The molecule has 0 heterocycles. The predicted octanol–water partition coefficient (Wildman–Crippen LogP) is 4.78. The van der Waals surface area contributed by atoms with Gasteiger partial charge in [0.1, 0.15) is 0 Å². The van der Waals surface area contributed by atoms with Crippen LogP contribution in [0.1, 0.15) is 55.1 Å². The van der Waals surface area contributed by atoms with Crippen molar-refractivity contribution in [1.82, 2.24) is 0 Å². The molecule has 26 heavy (non-hydrogen) atoms. The van der Waals surface area contributed by atoms with Crippen LogP contribution in [0.4, 0.5) is 5.69 Å². The van der Waals surface area contributed by atoms with E-state index in [9.17, 15) is 9.59 Å². The number of anilines is 1. The summed E-state index contributed by atoms with van der Waals surface area (Å²) in [6.07, 6.45) is 1.47. The summed E-state index contributed by atoms with van der Waals surface area (Å²) >= 11 is 0. The Hall–Kier alpha value is -2.46. The average Bonchev–Trinajstić information content (AvgIpc) is 2.65. The zero-order valence-corrected chi connectivity index (χ0v) is 15.7. The van der Waals surface area contributed by atoms with E-state index in [4.69, 9.17) is 4.74 Å². The van der Waals surface area contributed by atoms with Crippen molar-refractivity contribution >= 4 is 17.4 Å². The van der Waals surface area contributed by atoms with E-state index in [2.05, 4.69) is 12.2 Å². The number of Topliss-reactive ketones (excluding diaryl/α,β-unsaturated/α-hetero) is 1. The highest BCUT2D eigenvalue weighted by atomic mass is 16.5. The topological polar surface area (TPSA) is 55.4 Å². The summed E-state index contributed by atoms with van der Waals surface area (Å²) in [4.78, 5) is 24.3.